The van der Waals surface area contributed by atoms with Gasteiger partial charge in [0, 0.05) is 95.0 Å². The molecule has 0 spiro atoms. The van der Waals surface area contributed by atoms with E-state index in [1.807, 2.05) is 23.1 Å². The second kappa shape index (κ2) is 15.5. The van der Waals surface area contributed by atoms with Crippen LogP contribution in [-0.2, 0) is 27.7 Å². The largest absolute Gasteiger partial charge is 0.494 e. The molecule has 0 unspecified atom stereocenters. The zero-order valence-electron chi connectivity index (χ0n) is 29.2. The number of piperazine rings is 2. The lowest BCUT2D eigenvalue weighted by atomic mass is 9.81. The van der Waals surface area contributed by atoms with Crippen molar-refractivity contribution in [2.24, 2.45) is 0 Å². The first-order valence-electron chi connectivity index (χ1n) is 16.7. The summed E-state index contributed by atoms with van der Waals surface area (Å²) in [5.41, 5.74) is 1.48. The first-order valence-corrected chi connectivity index (χ1v) is 16.7. The van der Waals surface area contributed by atoms with Crippen LogP contribution in [0.1, 0.15) is 30.5 Å². The van der Waals surface area contributed by atoms with E-state index < -0.39 is 23.0 Å². The second-order valence-corrected chi connectivity index (χ2v) is 13.2. The SMILES string of the molecule is CNc1cccc(CNc2nc(Nc3ccc(N4CCN(C(=O)CN5CCN(C)CC5)CC4)cc3OC)ncc2C(F)(F)F)c1C(C)(C)C=O. The maximum absolute atomic E-state index is 14.1. The molecule has 2 aliphatic rings. The fraction of sp³-hybridized carbons (Fsp3) is 0.486. The van der Waals surface area contributed by atoms with Crippen molar-refractivity contribution in [3.8, 4) is 5.75 Å². The number of nitrogens with zero attached hydrogens (tertiary/aromatic N) is 6. The summed E-state index contributed by atoms with van der Waals surface area (Å²) in [4.78, 5) is 41.6. The van der Waals surface area contributed by atoms with Crippen LogP contribution in [0.2, 0.25) is 0 Å². The summed E-state index contributed by atoms with van der Waals surface area (Å²) in [7, 11) is 5.33. The third-order valence-electron chi connectivity index (χ3n) is 9.28. The molecule has 0 saturated carbocycles. The number of halogens is 3. The Hall–Kier alpha value is -4.63. The Labute approximate surface area is 291 Å². The molecule has 0 aliphatic carbocycles. The molecule has 2 saturated heterocycles. The molecule has 3 N–H and O–H groups in total. The van der Waals surface area contributed by atoms with Crippen LogP contribution in [0.4, 0.5) is 42.0 Å². The third-order valence-corrected chi connectivity index (χ3v) is 9.28. The highest BCUT2D eigenvalue weighted by Crippen LogP contribution is 2.37. The van der Waals surface area contributed by atoms with Crippen LogP contribution in [0, 0.1) is 0 Å². The van der Waals surface area contributed by atoms with Crippen LogP contribution in [0.3, 0.4) is 0 Å². The van der Waals surface area contributed by atoms with Gasteiger partial charge in [-0.25, -0.2) is 4.98 Å². The molecule has 15 heteroatoms. The molecule has 2 aromatic carbocycles. The van der Waals surface area contributed by atoms with E-state index in [1.165, 1.54) is 7.11 Å². The number of aromatic nitrogens is 2. The van der Waals surface area contributed by atoms with Gasteiger partial charge in [-0.1, -0.05) is 12.1 Å². The number of aldehydes is 1. The number of rotatable bonds is 12. The lowest BCUT2D eigenvalue weighted by molar-refractivity contribution is -0.137. The molecule has 2 aliphatic heterocycles. The number of methoxy groups -OCH3 is 1. The molecule has 0 bridgehead atoms. The monoisotopic (exact) mass is 697 g/mol. The Balaban J connectivity index is 1.28. The normalized spacial score (nSPS) is 16.2. The number of benzene rings is 2. The Morgan fingerprint density at radius 3 is 2.36 bits per heavy atom. The molecule has 0 atom stereocenters. The quantitative estimate of drug-likeness (QED) is 0.236. The van der Waals surface area contributed by atoms with Gasteiger partial charge in [0.2, 0.25) is 11.9 Å². The van der Waals surface area contributed by atoms with E-state index in [2.05, 4.69) is 47.7 Å². The predicted octanol–water partition coefficient (Wildman–Crippen LogP) is 4.27. The van der Waals surface area contributed by atoms with Crippen molar-refractivity contribution in [2.75, 3.05) is 101 Å². The minimum absolute atomic E-state index is 0.0195. The van der Waals surface area contributed by atoms with Crippen LogP contribution in [0.15, 0.2) is 42.6 Å². The summed E-state index contributed by atoms with van der Waals surface area (Å²) >= 11 is 0. The number of likely N-dealkylation sites (N-methyl/N-ethyl adjacent to an activating group) is 1. The summed E-state index contributed by atoms with van der Waals surface area (Å²) in [5, 5.41) is 8.92. The first kappa shape index (κ1) is 36.6. The van der Waals surface area contributed by atoms with Crippen molar-refractivity contribution in [3.05, 3.63) is 59.3 Å². The van der Waals surface area contributed by atoms with Crippen LogP contribution in [-0.4, -0.2) is 117 Å². The number of hydrogen-bond donors (Lipinski definition) is 3. The lowest BCUT2D eigenvalue weighted by Gasteiger charge is -2.38. The van der Waals surface area contributed by atoms with E-state index in [1.54, 1.807) is 39.1 Å². The number of anilines is 5. The summed E-state index contributed by atoms with van der Waals surface area (Å²) in [6, 6.07) is 10.9. The second-order valence-electron chi connectivity index (χ2n) is 13.2. The molecule has 3 aromatic rings. The molecule has 12 nitrogen and oxygen atoms in total. The topological polar surface area (TPSA) is 118 Å². The molecule has 3 heterocycles. The fourth-order valence-corrected chi connectivity index (χ4v) is 6.35. The number of nitrogens with one attached hydrogen (secondary N) is 3. The van der Waals surface area contributed by atoms with Gasteiger partial charge in [0.1, 0.15) is 23.4 Å². The van der Waals surface area contributed by atoms with Crippen LogP contribution >= 0.6 is 0 Å². The molecule has 270 valence electrons. The van der Waals surface area contributed by atoms with Crippen molar-refractivity contribution >= 4 is 41.0 Å². The molecule has 1 amide bonds. The van der Waals surface area contributed by atoms with Gasteiger partial charge in [0.15, 0.2) is 0 Å². The highest BCUT2D eigenvalue weighted by Gasteiger charge is 2.36. The molecule has 5 rings (SSSR count). The zero-order chi connectivity index (χ0) is 36.1. The van der Waals surface area contributed by atoms with Crippen molar-refractivity contribution in [1.82, 2.24) is 24.7 Å². The number of carbonyl (C=O) groups is 2. The van der Waals surface area contributed by atoms with Gasteiger partial charge >= 0.3 is 6.18 Å². The van der Waals surface area contributed by atoms with Gasteiger partial charge in [-0.05, 0) is 50.2 Å². The highest BCUT2D eigenvalue weighted by molar-refractivity contribution is 5.79. The van der Waals surface area contributed by atoms with Crippen molar-refractivity contribution < 1.29 is 27.5 Å². The average molecular weight is 698 g/mol. The summed E-state index contributed by atoms with van der Waals surface area (Å²) in [6.07, 6.45) is -3.16. The van der Waals surface area contributed by atoms with Crippen molar-refractivity contribution in [1.29, 1.82) is 0 Å². The first-order chi connectivity index (χ1) is 23.8. The zero-order valence-corrected chi connectivity index (χ0v) is 29.2. The van der Waals surface area contributed by atoms with Gasteiger partial charge in [-0.3, -0.25) is 9.69 Å². The fourth-order valence-electron chi connectivity index (χ4n) is 6.35. The molecule has 0 radical (unpaired) electrons. The van der Waals surface area contributed by atoms with E-state index in [0.717, 1.165) is 44.3 Å². The number of ether oxygens (including phenoxy) is 1. The molecule has 50 heavy (non-hydrogen) atoms. The predicted molar refractivity (Wildman–Crippen MR) is 188 cm³/mol. The number of hydrogen-bond acceptors (Lipinski definition) is 11. The highest BCUT2D eigenvalue weighted by atomic mass is 19.4. The van der Waals surface area contributed by atoms with Gasteiger partial charge in [0.25, 0.3) is 0 Å². The van der Waals surface area contributed by atoms with E-state index in [-0.39, 0.29) is 18.4 Å². The molecular weight excluding hydrogens is 651 g/mol. The lowest BCUT2D eigenvalue weighted by Crippen LogP contribution is -2.53. The Morgan fingerprint density at radius 1 is 1.00 bits per heavy atom. The Kier molecular flexibility index (Phi) is 11.4. The van der Waals surface area contributed by atoms with Gasteiger partial charge in [-0.15, -0.1) is 0 Å². The molecular formula is C35H46F3N9O3. The maximum Gasteiger partial charge on any atom is 0.421 e. The summed E-state index contributed by atoms with van der Waals surface area (Å²) in [6.45, 7) is 10.2. The number of amides is 1. The van der Waals surface area contributed by atoms with E-state index >= 15 is 0 Å². The third kappa shape index (κ3) is 8.56. The van der Waals surface area contributed by atoms with Crippen LogP contribution in [0.25, 0.3) is 0 Å². The number of alkyl halides is 3. The van der Waals surface area contributed by atoms with Gasteiger partial charge in [-0.2, -0.15) is 18.2 Å². The Bertz CT molecular complexity index is 1650. The van der Waals surface area contributed by atoms with E-state index in [4.69, 9.17) is 4.74 Å². The minimum Gasteiger partial charge on any atom is -0.494 e. The van der Waals surface area contributed by atoms with Crippen LogP contribution in [0.5, 0.6) is 5.75 Å². The average Bonchev–Trinajstić information content (AvgIpc) is 3.11. The standard InChI is InChI=1S/C35H46F3N9O3/c1-34(2,23-48)31-24(7-6-8-28(31)39-3)20-40-32-26(35(36,37)38)21-41-33(43-32)42-27-10-9-25(19-29(27)50-5)46-15-17-47(18-16-46)30(49)22-45-13-11-44(4)12-14-45/h6-10,19,21,23,39H,11-18,20,22H2,1-5H3,(H2,40,41,42,43). The van der Waals surface area contributed by atoms with Gasteiger partial charge < -0.3 is 40.2 Å². The van der Waals surface area contributed by atoms with E-state index in [9.17, 15) is 22.8 Å². The summed E-state index contributed by atoms with van der Waals surface area (Å²) in [5.74, 6) is 0.138. The molecule has 1 aromatic heterocycles. The van der Waals surface area contributed by atoms with Crippen LogP contribution < -0.4 is 25.6 Å². The Morgan fingerprint density at radius 2 is 1.72 bits per heavy atom. The summed E-state index contributed by atoms with van der Waals surface area (Å²) < 4.78 is 47.8. The van der Waals surface area contributed by atoms with Crippen molar-refractivity contribution in [2.45, 2.75) is 32.0 Å². The van der Waals surface area contributed by atoms with Gasteiger partial charge in [0.05, 0.1) is 19.3 Å². The maximum atomic E-state index is 14.1. The van der Waals surface area contributed by atoms with Crippen molar-refractivity contribution in [3.63, 3.8) is 0 Å². The minimum atomic E-state index is -4.71. The smallest absolute Gasteiger partial charge is 0.421 e. The molecule has 2 fully saturated rings. The van der Waals surface area contributed by atoms with E-state index in [0.29, 0.717) is 61.0 Å². The number of carbonyl (C=O) groups excluding carboxylic acids is 2.